The van der Waals surface area contributed by atoms with Crippen LogP contribution in [0.2, 0.25) is 0 Å². The van der Waals surface area contributed by atoms with E-state index in [1.54, 1.807) is 0 Å². The number of ether oxygens (including phenoxy) is 1. The zero-order valence-electron chi connectivity index (χ0n) is 10.8. The molecule has 0 amide bonds. The SMILES string of the molecule is [N-]=[N+]=N[C@H]1[C@H](O)[C@H](O)[C@@H](COCc2ccccc2)[C@@H]1O. The zero-order chi connectivity index (χ0) is 14.5. The molecule has 0 aliphatic heterocycles. The first-order valence-corrected chi connectivity index (χ1v) is 6.35. The van der Waals surface area contributed by atoms with Gasteiger partial charge in [0, 0.05) is 10.8 Å². The van der Waals surface area contributed by atoms with Crippen molar-refractivity contribution in [2.24, 2.45) is 11.0 Å². The molecule has 0 unspecified atom stereocenters. The van der Waals surface area contributed by atoms with Crippen molar-refractivity contribution in [1.82, 2.24) is 0 Å². The molecule has 0 saturated heterocycles. The number of hydrogen-bond acceptors (Lipinski definition) is 5. The molecule has 0 aromatic heterocycles. The minimum absolute atomic E-state index is 0.0751. The number of hydrogen-bond donors (Lipinski definition) is 3. The third-order valence-electron chi connectivity index (χ3n) is 3.53. The van der Waals surface area contributed by atoms with E-state index in [2.05, 4.69) is 10.0 Å². The van der Waals surface area contributed by atoms with Gasteiger partial charge in [0.15, 0.2) is 0 Å². The van der Waals surface area contributed by atoms with Crippen molar-refractivity contribution < 1.29 is 20.1 Å². The largest absolute Gasteiger partial charge is 0.392 e. The first kappa shape index (κ1) is 14.8. The van der Waals surface area contributed by atoms with Gasteiger partial charge in [0.25, 0.3) is 0 Å². The lowest BCUT2D eigenvalue weighted by atomic mass is 10.0. The van der Waals surface area contributed by atoms with Gasteiger partial charge in [0.1, 0.15) is 0 Å². The molecule has 20 heavy (non-hydrogen) atoms. The summed E-state index contributed by atoms with van der Waals surface area (Å²) in [6.07, 6.45) is -3.56. The van der Waals surface area contributed by atoms with Crippen LogP contribution in [0.4, 0.5) is 0 Å². The molecule has 108 valence electrons. The van der Waals surface area contributed by atoms with E-state index >= 15 is 0 Å². The molecule has 0 bridgehead atoms. The fourth-order valence-corrected chi connectivity index (χ4v) is 2.39. The van der Waals surface area contributed by atoms with Crippen LogP contribution in [-0.4, -0.2) is 46.3 Å². The van der Waals surface area contributed by atoms with Crippen LogP contribution in [0.25, 0.3) is 10.4 Å². The molecule has 1 fully saturated rings. The lowest BCUT2D eigenvalue weighted by Crippen LogP contribution is -2.31. The summed E-state index contributed by atoms with van der Waals surface area (Å²) in [5.41, 5.74) is 9.36. The predicted octanol–water partition coefficient (Wildman–Crippen LogP) is 0.595. The normalized spacial score (nSPS) is 32.9. The van der Waals surface area contributed by atoms with Crippen molar-refractivity contribution in [2.75, 3.05) is 6.61 Å². The van der Waals surface area contributed by atoms with Crippen LogP contribution in [0.15, 0.2) is 35.4 Å². The second kappa shape index (κ2) is 6.69. The second-order valence-electron chi connectivity index (χ2n) is 4.83. The summed E-state index contributed by atoms with van der Waals surface area (Å²) in [4.78, 5) is 2.57. The Morgan fingerprint density at radius 2 is 1.80 bits per heavy atom. The van der Waals surface area contributed by atoms with E-state index in [1.807, 2.05) is 30.3 Å². The highest BCUT2D eigenvalue weighted by atomic mass is 16.5. The highest BCUT2D eigenvalue weighted by Gasteiger charge is 2.48. The minimum atomic E-state index is -1.27. The first-order valence-electron chi connectivity index (χ1n) is 6.35. The molecule has 3 N–H and O–H groups in total. The van der Waals surface area contributed by atoms with Gasteiger partial charge in [-0.2, -0.15) is 0 Å². The molecule has 0 heterocycles. The van der Waals surface area contributed by atoms with E-state index in [9.17, 15) is 15.3 Å². The van der Waals surface area contributed by atoms with Crippen LogP contribution < -0.4 is 0 Å². The molecule has 7 heteroatoms. The lowest BCUT2D eigenvalue weighted by molar-refractivity contribution is -0.0287. The molecular weight excluding hydrogens is 262 g/mol. The van der Waals surface area contributed by atoms with Gasteiger partial charge >= 0.3 is 0 Å². The monoisotopic (exact) mass is 279 g/mol. The van der Waals surface area contributed by atoms with Gasteiger partial charge < -0.3 is 20.1 Å². The maximum Gasteiger partial charge on any atom is 0.0922 e. The lowest BCUT2D eigenvalue weighted by Gasteiger charge is -2.18. The van der Waals surface area contributed by atoms with Gasteiger partial charge in [-0.05, 0) is 11.1 Å². The first-order chi connectivity index (χ1) is 9.65. The molecule has 1 aromatic carbocycles. The third-order valence-corrected chi connectivity index (χ3v) is 3.53. The summed E-state index contributed by atoms with van der Waals surface area (Å²) >= 11 is 0. The predicted molar refractivity (Wildman–Crippen MR) is 70.5 cm³/mol. The molecule has 5 atom stereocenters. The van der Waals surface area contributed by atoms with Gasteiger partial charge in [0.05, 0.1) is 37.6 Å². The summed E-state index contributed by atoms with van der Waals surface area (Å²) in [5, 5.41) is 32.8. The Hall–Kier alpha value is -1.63. The van der Waals surface area contributed by atoms with Gasteiger partial charge in [-0.25, -0.2) is 0 Å². The smallest absolute Gasteiger partial charge is 0.0922 e. The standard InChI is InChI=1S/C13H17N3O4/c14-16-15-10-11(17)9(12(18)13(10)19)7-20-6-8-4-2-1-3-5-8/h1-5,9-13,17-19H,6-7H2/t9-,10+,11-,12+,13-/m0/s1. The van der Waals surface area contributed by atoms with Crippen molar-refractivity contribution in [3.05, 3.63) is 46.3 Å². The van der Waals surface area contributed by atoms with E-state index in [4.69, 9.17) is 10.3 Å². The Balaban J connectivity index is 1.91. The van der Waals surface area contributed by atoms with E-state index in [0.29, 0.717) is 6.61 Å². The Kier molecular flexibility index (Phi) is 4.94. The van der Waals surface area contributed by atoms with Gasteiger partial charge in [-0.1, -0.05) is 35.4 Å². The van der Waals surface area contributed by atoms with Crippen LogP contribution in [0.1, 0.15) is 5.56 Å². The Morgan fingerprint density at radius 1 is 1.10 bits per heavy atom. The number of aliphatic hydroxyl groups is 3. The summed E-state index contributed by atoms with van der Waals surface area (Å²) in [5.74, 6) is -0.677. The molecule has 2 rings (SSSR count). The molecule has 1 aliphatic rings. The van der Waals surface area contributed by atoms with Gasteiger partial charge in [-0.15, -0.1) is 0 Å². The van der Waals surface area contributed by atoms with Crippen LogP contribution in [0.3, 0.4) is 0 Å². The topological polar surface area (TPSA) is 119 Å². The fourth-order valence-electron chi connectivity index (χ4n) is 2.39. The number of azide groups is 1. The average Bonchev–Trinajstić information content (AvgIpc) is 2.66. The highest BCUT2D eigenvalue weighted by molar-refractivity contribution is 5.13. The molecule has 7 nitrogen and oxygen atoms in total. The van der Waals surface area contributed by atoms with Crippen LogP contribution in [0, 0.1) is 5.92 Å². The highest BCUT2D eigenvalue weighted by Crippen LogP contribution is 2.30. The maximum absolute atomic E-state index is 9.95. The zero-order valence-corrected chi connectivity index (χ0v) is 10.8. The van der Waals surface area contributed by atoms with Gasteiger partial charge in [-0.3, -0.25) is 0 Å². The maximum atomic E-state index is 9.95. The van der Waals surface area contributed by atoms with Crippen molar-refractivity contribution in [3.63, 3.8) is 0 Å². The van der Waals surface area contributed by atoms with Crippen molar-refractivity contribution in [1.29, 1.82) is 0 Å². The molecule has 1 saturated carbocycles. The van der Waals surface area contributed by atoms with E-state index in [-0.39, 0.29) is 6.61 Å². The Morgan fingerprint density at radius 3 is 2.45 bits per heavy atom. The van der Waals surface area contributed by atoms with Crippen LogP contribution >= 0.6 is 0 Å². The van der Waals surface area contributed by atoms with E-state index in [1.165, 1.54) is 0 Å². The van der Waals surface area contributed by atoms with Gasteiger partial charge in [0.2, 0.25) is 0 Å². The molecule has 1 aromatic rings. The summed E-state index contributed by atoms with van der Waals surface area (Å²) in [6.45, 7) is 0.421. The molecular formula is C13H17N3O4. The number of aliphatic hydroxyl groups excluding tert-OH is 3. The number of benzene rings is 1. The summed E-state index contributed by atoms with van der Waals surface area (Å²) in [6, 6.07) is 8.44. The van der Waals surface area contributed by atoms with Crippen LogP contribution in [0.5, 0.6) is 0 Å². The van der Waals surface area contributed by atoms with Crippen molar-refractivity contribution >= 4 is 0 Å². The van der Waals surface area contributed by atoms with E-state index < -0.39 is 30.3 Å². The Bertz CT molecular complexity index is 478. The molecule has 0 radical (unpaired) electrons. The van der Waals surface area contributed by atoms with Crippen LogP contribution in [-0.2, 0) is 11.3 Å². The summed E-state index contributed by atoms with van der Waals surface area (Å²) in [7, 11) is 0. The number of nitrogens with zero attached hydrogens (tertiary/aromatic N) is 3. The number of rotatable bonds is 5. The second-order valence-corrected chi connectivity index (χ2v) is 4.83. The van der Waals surface area contributed by atoms with E-state index in [0.717, 1.165) is 5.56 Å². The Labute approximate surface area is 116 Å². The fraction of sp³-hybridized carbons (Fsp3) is 0.538. The molecule has 1 aliphatic carbocycles. The average molecular weight is 279 g/mol. The quantitative estimate of drug-likeness (QED) is 0.415. The third kappa shape index (κ3) is 3.09. The minimum Gasteiger partial charge on any atom is -0.392 e. The van der Waals surface area contributed by atoms with Crippen molar-refractivity contribution in [3.8, 4) is 0 Å². The molecule has 0 spiro atoms. The van der Waals surface area contributed by atoms with Crippen molar-refractivity contribution in [2.45, 2.75) is 31.0 Å². The summed E-state index contributed by atoms with van der Waals surface area (Å²) < 4.78 is 5.45.